The molecule has 0 atom stereocenters. The average Bonchev–Trinajstić information content (AvgIpc) is 2.52. The van der Waals surface area contributed by atoms with E-state index in [0.717, 1.165) is 6.07 Å². The molecule has 23 heavy (non-hydrogen) atoms. The molecule has 0 fully saturated rings. The van der Waals surface area contributed by atoms with Crippen LogP contribution in [0.5, 0.6) is 11.5 Å². The number of benzene rings is 2. The third kappa shape index (κ3) is 4.38. The fourth-order valence-electron chi connectivity index (χ4n) is 1.92. The van der Waals surface area contributed by atoms with Crippen molar-refractivity contribution in [3.05, 3.63) is 54.1 Å². The third-order valence-corrected chi connectivity index (χ3v) is 4.99. The van der Waals surface area contributed by atoms with Crippen molar-refractivity contribution in [2.24, 2.45) is 0 Å². The molecule has 7 heteroatoms. The maximum Gasteiger partial charge on any atom is 0.364 e. The van der Waals surface area contributed by atoms with Gasteiger partial charge in [0.25, 0.3) is 0 Å². The molecule has 0 heterocycles. The summed E-state index contributed by atoms with van der Waals surface area (Å²) in [5.41, 5.74) is 0. The highest BCUT2D eigenvalue weighted by atomic mass is 31.2. The molecule has 2 rings (SSSR count). The van der Waals surface area contributed by atoms with Crippen molar-refractivity contribution in [1.82, 2.24) is 0 Å². The SMILES string of the molecule is CCOP(=O)(OCC)c1cc(Oc2ccc(F)cc2)ccc1F. The Hall–Kier alpha value is -1.75. The van der Waals surface area contributed by atoms with Gasteiger partial charge in [0.2, 0.25) is 0 Å². The van der Waals surface area contributed by atoms with Crippen LogP contribution in [0.1, 0.15) is 13.8 Å². The van der Waals surface area contributed by atoms with Gasteiger partial charge in [-0.15, -0.1) is 0 Å². The molecule has 0 N–H and O–H groups in total. The minimum atomic E-state index is -3.76. The van der Waals surface area contributed by atoms with E-state index < -0.39 is 19.2 Å². The summed E-state index contributed by atoms with van der Waals surface area (Å²) < 4.78 is 55.5. The van der Waals surface area contributed by atoms with E-state index in [9.17, 15) is 13.3 Å². The lowest BCUT2D eigenvalue weighted by atomic mass is 10.3. The number of hydrogen-bond acceptors (Lipinski definition) is 4. The Balaban J connectivity index is 2.34. The quantitative estimate of drug-likeness (QED) is 0.687. The van der Waals surface area contributed by atoms with Gasteiger partial charge < -0.3 is 13.8 Å². The van der Waals surface area contributed by atoms with Crippen LogP contribution in [0.4, 0.5) is 8.78 Å². The summed E-state index contributed by atoms with van der Waals surface area (Å²) in [5.74, 6) is -0.490. The van der Waals surface area contributed by atoms with Crippen molar-refractivity contribution >= 4 is 12.9 Å². The predicted octanol–water partition coefficient (Wildman–Crippen LogP) is 4.65. The van der Waals surface area contributed by atoms with E-state index in [0.29, 0.717) is 5.75 Å². The predicted molar refractivity (Wildman–Crippen MR) is 83.4 cm³/mol. The van der Waals surface area contributed by atoms with Crippen molar-refractivity contribution in [3.8, 4) is 11.5 Å². The summed E-state index contributed by atoms with van der Waals surface area (Å²) >= 11 is 0. The fraction of sp³-hybridized carbons (Fsp3) is 0.250. The molecule has 0 spiro atoms. The Morgan fingerprint density at radius 3 is 2.04 bits per heavy atom. The molecule has 0 aromatic heterocycles. The standard InChI is InChI=1S/C16H17F2O4P/c1-3-20-23(19,21-4-2)16-11-14(9-10-15(16)18)22-13-7-5-12(17)6-8-13/h5-11H,3-4H2,1-2H3. The first-order chi connectivity index (χ1) is 11.0. The van der Waals surface area contributed by atoms with Gasteiger partial charge in [-0.2, -0.15) is 0 Å². The number of ether oxygens (including phenoxy) is 1. The zero-order chi connectivity index (χ0) is 16.9. The topological polar surface area (TPSA) is 44.8 Å². The summed E-state index contributed by atoms with van der Waals surface area (Å²) in [7, 11) is -3.76. The Labute approximate surface area is 133 Å². The molecule has 0 saturated heterocycles. The minimum Gasteiger partial charge on any atom is -0.457 e. The average molecular weight is 342 g/mol. The molecule has 0 unspecified atom stereocenters. The Morgan fingerprint density at radius 1 is 0.913 bits per heavy atom. The highest BCUT2D eigenvalue weighted by Gasteiger charge is 2.30. The van der Waals surface area contributed by atoms with E-state index in [4.69, 9.17) is 13.8 Å². The van der Waals surface area contributed by atoms with Gasteiger partial charge >= 0.3 is 7.60 Å². The first-order valence-electron chi connectivity index (χ1n) is 7.11. The minimum absolute atomic E-state index is 0.111. The lowest BCUT2D eigenvalue weighted by molar-refractivity contribution is 0.229. The molecule has 0 aliphatic rings. The van der Waals surface area contributed by atoms with Gasteiger partial charge in [-0.3, -0.25) is 4.57 Å². The first-order valence-corrected chi connectivity index (χ1v) is 8.65. The summed E-state index contributed by atoms with van der Waals surface area (Å²) in [4.78, 5) is 0. The summed E-state index contributed by atoms with van der Waals surface area (Å²) in [6, 6.07) is 9.12. The van der Waals surface area contributed by atoms with E-state index in [1.807, 2.05) is 0 Å². The highest BCUT2D eigenvalue weighted by Crippen LogP contribution is 2.48. The van der Waals surface area contributed by atoms with E-state index in [1.165, 1.54) is 36.4 Å². The van der Waals surface area contributed by atoms with Crippen LogP contribution in [0, 0.1) is 11.6 Å². The molecule has 0 saturated carbocycles. The Bertz CT molecular complexity index is 694. The number of halogens is 2. The lowest BCUT2D eigenvalue weighted by Crippen LogP contribution is -2.14. The van der Waals surface area contributed by atoms with Gasteiger partial charge in [0, 0.05) is 0 Å². The first kappa shape index (κ1) is 17.6. The summed E-state index contributed by atoms with van der Waals surface area (Å²) in [6.07, 6.45) is 0. The molecule has 0 bridgehead atoms. The molecule has 124 valence electrons. The second-order valence-corrected chi connectivity index (χ2v) is 6.50. The van der Waals surface area contributed by atoms with Gasteiger partial charge in [0.05, 0.1) is 13.2 Å². The molecule has 0 amide bonds. The molecule has 4 nitrogen and oxygen atoms in total. The maximum absolute atomic E-state index is 14.1. The normalized spacial score (nSPS) is 11.5. The van der Waals surface area contributed by atoms with Crippen LogP contribution in [0.3, 0.4) is 0 Å². The van der Waals surface area contributed by atoms with Crippen LogP contribution in [-0.2, 0) is 13.6 Å². The largest absolute Gasteiger partial charge is 0.457 e. The van der Waals surface area contributed by atoms with Gasteiger partial charge in [-0.25, -0.2) is 8.78 Å². The smallest absolute Gasteiger partial charge is 0.364 e. The zero-order valence-electron chi connectivity index (χ0n) is 12.8. The molecular weight excluding hydrogens is 325 g/mol. The van der Waals surface area contributed by atoms with Crippen LogP contribution in [0.25, 0.3) is 0 Å². The van der Waals surface area contributed by atoms with Gasteiger partial charge in [-0.1, -0.05) is 0 Å². The number of rotatable bonds is 7. The van der Waals surface area contributed by atoms with E-state index in [-0.39, 0.29) is 24.3 Å². The maximum atomic E-state index is 14.1. The Morgan fingerprint density at radius 2 is 1.48 bits per heavy atom. The van der Waals surface area contributed by atoms with Crippen molar-refractivity contribution in [3.63, 3.8) is 0 Å². The lowest BCUT2D eigenvalue weighted by Gasteiger charge is -2.18. The van der Waals surface area contributed by atoms with Gasteiger partial charge in [0.15, 0.2) is 0 Å². The summed E-state index contributed by atoms with van der Waals surface area (Å²) in [6.45, 7) is 3.50. The van der Waals surface area contributed by atoms with E-state index in [1.54, 1.807) is 13.8 Å². The highest BCUT2D eigenvalue weighted by molar-refractivity contribution is 7.62. The van der Waals surface area contributed by atoms with E-state index >= 15 is 0 Å². The monoisotopic (exact) mass is 342 g/mol. The zero-order valence-corrected chi connectivity index (χ0v) is 13.7. The van der Waals surface area contributed by atoms with Gasteiger partial charge in [0.1, 0.15) is 28.4 Å². The fourth-order valence-corrected chi connectivity index (χ4v) is 3.57. The van der Waals surface area contributed by atoms with E-state index in [2.05, 4.69) is 0 Å². The second-order valence-electron chi connectivity index (χ2n) is 4.50. The molecule has 0 aliphatic heterocycles. The van der Waals surface area contributed by atoms with Crippen LogP contribution in [-0.4, -0.2) is 13.2 Å². The van der Waals surface area contributed by atoms with Gasteiger partial charge in [-0.05, 0) is 56.3 Å². The van der Waals surface area contributed by atoms with Crippen molar-refractivity contribution in [2.75, 3.05) is 13.2 Å². The summed E-state index contributed by atoms with van der Waals surface area (Å²) in [5, 5.41) is -0.194. The molecule has 0 radical (unpaired) electrons. The Kier molecular flexibility index (Phi) is 5.88. The molecule has 0 aliphatic carbocycles. The molecule has 2 aromatic carbocycles. The third-order valence-electron chi connectivity index (χ3n) is 2.86. The second kappa shape index (κ2) is 7.68. The number of hydrogen-bond donors (Lipinski definition) is 0. The molecular formula is C16H17F2O4P. The van der Waals surface area contributed by atoms with Crippen molar-refractivity contribution in [2.45, 2.75) is 13.8 Å². The van der Waals surface area contributed by atoms with Crippen molar-refractivity contribution in [1.29, 1.82) is 0 Å². The molecule has 2 aromatic rings. The van der Waals surface area contributed by atoms with Crippen molar-refractivity contribution < 1.29 is 27.1 Å². The van der Waals surface area contributed by atoms with Crippen LogP contribution < -0.4 is 10.0 Å². The van der Waals surface area contributed by atoms with Crippen LogP contribution >= 0.6 is 7.60 Å². The van der Waals surface area contributed by atoms with Crippen LogP contribution in [0.15, 0.2) is 42.5 Å². The van der Waals surface area contributed by atoms with Crippen LogP contribution in [0.2, 0.25) is 0 Å².